The molecule has 0 fully saturated rings. The van der Waals surface area contributed by atoms with Gasteiger partial charge in [-0.15, -0.1) is 0 Å². The lowest BCUT2D eigenvalue weighted by Crippen LogP contribution is -2.36. The predicted octanol–water partition coefficient (Wildman–Crippen LogP) is 2.96. The fourth-order valence-corrected chi connectivity index (χ4v) is 2.11. The molecule has 0 spiro atoms. The number of hydrogen-bond acceptors (Lipinski definition) is 3. The molecule has 0 aliphatic carbocycles. The van der Waals surface area contributed by atoms with E-state index in [0.29, 0.717) is 12.6 Å². The number of carbonyl (C=O) groups is 1. The van der Waals surface area contributed by atoms with Crippen LogP contribution < -0.4 is 15.4 Å². The fourth-order valence-electron chi connectivity index (χ4n) is 2.11. The maximum absolute atomic E-state index is 11.7. The predicted molar refractivity (Wildman–Crippen MR) is 86.7 cm³/mol. The molecule has 21 heavy (non-hydrogen) atoms. The number of ether oxygens (including phenoxy) is 1. The molecular weight excluding hydrogens is 264 g/mol. The smallest absolute Gasteiger partial charge is 0.260 e. The Balaban J connectivity index is 2.72. The van der Waals surface area contributed by atoms with Crippen molar-refractivity contribution >= 4 is 5.91 Å². The largest absolute Gasteiger partial charge is 0.481 e. The number of hydrogen-bond donors (Lipinski definition) is 2. The van der Waals surface area contributed by atoms with Crippen LogP contribution in [0.25, 0.3) is 0 Å². The summed E-state index contributed by atoms with van der Waals surface area (Å²) in [5.74, 6) is 0.680. The molecule has 0 radical (unpaired) electrons. The lowest BCUT2D eigenvalue weighted by atomic mass is 10.0. The summed E-state index contributed by atoms with van der Waals surface area (Å²) in [7, 11) is 0. The number of carbonyl (C=O) groups excluding carboxylic acids is 1. The van der Waals surface area contributed by atoms with Crippen molar-refractivity contribution in [1.82, 2.24) is 10.6 Å². The Morgan fingerprint density at radius 3 is 2.57 bits per heavy atom. The SMILES string of the molecule is CCCNC(C)c1ccc(OC(C)C(=O)NCC)c(C)c1. The molecule has 0 bridgehead atoms. The Bertz CT molecular complexity index is 460. The van der Waals surface area contributed by atoms with Gasteiger partial charge in [-0.1, -0.05) is 19.1 Å². The Labute approximate surface area is 128 Å². The van der Waals surface area contributed by atoms with Gasteiger partial charge in [0.1, 0.15) is 5.75 Å². The second kappa shape index (κ2) is 8.67. The molecule has 0 aliphatic heterocycles. The van der Waals surface area contributed by atoms with Crippen molar-refractivity contribution in [2.75, 3.05) is 13.1 Å². The van der Waals surface area contributed by atoms with E-state index in [-0.39, 0.29) is 5.91 Å². The van der Waals surface area contributed by atoms with Gasteiger partial charge >= 0.3 is 0 Å². The van der Waals surface area contributed by atoms with E-state index in [9.17, 15) is 4.79 Å². The van der Waals surface area contributed by atoms with Crippen molar-refractivity contribution < 1.29 is 9.53 Å². The first-order chi connectivity index (χ1) is 9.99. The van der Waals surface area contributed by atoms with Gasteiger partial charge in [0.15, 0.2) is 6.10 Å². The highest BCUT2D eigenvalue weighted by atomic mass is 16.5. The first-order valence-corrected chi connectivity index (χ1v) is 7.77. The maximum Gasteiger partial charge on any atom is 0.260 e. The Morgan fingerprint density at radius 1 is 1.29 bits per heavy atom. The molecule has 4 nitrogen and oxygen atoms in total. The third-order valence-corrected chi connectivity index (χ3v) is 3.42. The monoisotopic (exact) mass is 292 g/mol. The zero-order valence-electron chi connectivity index (χ0n) is 13.8. The van der Waals surface area contributed by atoms with E-state index >= 15 is 0 Å². The zero-order valence-corrected chi connectivity index (χ0v) is 13.8. The van der Waals surface area contributed by atoms with Gasteiger partial charge in [0, 0.05) is 12.6 Å². The minimum Gasteiger partial charge on any atom is -0.481 e. The van der Waals surface area contributed by atoms with Crippen molar-refractivity contribution in [1.29, 1.82) is 0 Å². The van der Waals surface area contributed by atoms with E-state index in [4.69, 9.17) is 4.74 Å². The number of amides is 1. The molecule has 1 amide bonds. The molecule has 0 aromatic heterocycles. The molecule has 2 atom stereocenters. The number of likely N-dealkylation sites (N-methyl/N-ethyl adjacent to an activating group) is 1. The second-order valence-electron chi connectivity index (χ2n) is 5.36. The highest BCUT2D eigenvalue weighted by molar-refractivity contribution is 5.80. The number of benzene rings is 1. The number of aryl methyl sites for hydroxylation is 1. The third-order valence-electron chi connectivity index (χ3n) is 3.42. The van der Waals surface area contributed by atoms with E-state index < -0.39 is 6.10 Å². The van der Waals surface area contributed by atoms with Crippen LogP contribution in [-0.4, -0.2) is 25.1 Å². The maximum atomic E-state index is 11.7. The van der Waals surface area contributed by atoms with Crippen LogP contribution in [0.3, 0.4) is 0 Å². The molecule has 0 heterocycles. The van der Waals surface area contributed by atoms with Gasteiger partial charge in [0.2, 0.25) is 0 Å². The molecule has 118 valence electrons. The second-order valence-corrected chi connectivity index (χ2v) is 5.36. The summed E-state index contributed by atoms with van der Waals surface area (Å²) in [4.78, 5) is 11.7. The number of nitrogens with one attached hydrogen (secondary N) is 2. The molecule has 0 saturated heterocycles. The molecule has 1 aromatic carbocycles. The van der Waals surface area contributed by atoms with E-state index in [1.54, 1.807) is 6.92 Å². The van der Waals surface area contributed by atoms with Crippen LogP contribution in [0.2, 0.25) is 0 Å². The average molecular weight is 292 g/mol. The van der Waals surface area contributed by atoms with Gasteiger partial charge in [-0.2, -0.15) is 0 Å². The van der Waals surface area contributed by atoms with Crippen LogP contribution in [0.4, 0.5) is 0 Å². The van der Waals surface area contributed by atoms with E-state index in [1.165, 1.54) is 5.56 Å². The highest BCUT2D eigenvalue weighted by Gasteiger charge is 2.15. The van der Waals surface area contributed by atoms with Gasteiger partial charge in [-0.05, 0) is 57.9 Å². The molecule has 4 heteroatoms. The van der Waals surface area contributed by atoms with Crippen LogP contribution in [0, 0.1) is 6.92 Å². The quantitative estimate of drug-likeness (QED) is 0.774. The van der Waals surface area contributed by atoms with E-state index in [2.05, 4.69) is 36.6 Å². The molecule has 0 saturated carbocycles. The van der Waals surface area contributed by atoms with Crippen molar-refractivity contribution in [2.24, 2.45) is 0 Å². The standard InChI is InChI=1S/C17H28N2O2/c1-6-10-19-13(4)15-8-9-16(12(3)11-15)21-14(5)17(20)18-7-2/h8-9,11,13-14,19H,6-7,10H2,1-5H3,(H,18,20). The molecule has 2 unspecified atom stereocenters. The van der Waals surface area contributed by atoms with Crippen LogP contribution in [0.1, 0.15) is 51.3 Å². The molecule has 1 aromatic rings. The van der Waals surface area contributed by atoms with Gasteiger partial charge in [0.05, 0.1) is 0 Å². The van der Waals surface area contributed by atoms with Gasteiger partial charge in [-0.25, -0.2) is 0 Å². The van der Waals surface area contributed by atoms with Crippen molar-refractivity contribution in [3.63, 3.8) is 0 Å². The lowest BCUT2D eigenvalue weighted by molar-refractivity contribution is -0.127. The first-order valence-electron chi connectivity index (χ1n) is 7.77. The molecule has 2 N–H and O–H groups in total. The summed E-state index contributed by atoms with van der Waals surface area (Å²) < 4.78 is 5.74. The Hall–Kier alpha value is -1.55. The Kier molecular flexibility index (Phi) is 7.23. The molecular formula is C17H28N2O2. The van der Waals surface area contributed by atoms with Crippen molar-refractivity contribution in [3.05, 3.63) is 29.3 Å². The van der Waals surface area contributed by atoms with Crippen molar-refractivity contribution in [2.45, 2.75) is 53.2 Å². The normalized spacial score (nSPS) is 13.6. The summed E-state index contributed by atoms with van der Waals surface area (Å²) >= 11 is 0. The summed E-state index contributed by atoms with van der Waals surface area (Å²) in [6.45, 7) is 11.6. The third kappa shape index (κ3) is 5.38. The fraction of sp³-hybridized carbons (Fsp3) is 0.588. The van der Waals surface area contributed by atoms with Gasteiger partial charge in [-0.3, -0.25) is 4.79 Å². The van der Waals surface area contributed by atoms with Crippen LogP contribution in [0.5, 0.6) is 5.75 Å². The summed E-state index contributed by atoms with van der Waals surface area (Å²) in [5.41, 5.74) is 2.28. The topological polar surface area (TPSA) is 50.4 Å². The van der Waals surface area contributed by atoms with Gasteiger partial charge < -0.3 is 15.4 Å². The Morgan fingerprint density at radius 2 is 2.00 bits per heavy atom. The highest BCUT2D eigenvalue weighted by Crippen LogP contribution is 2.23. The average Bonchev–Trinajstić information content (AvgIpc) is 2.46. The summed E-state index contributed by atoms with van der Waals surface area (Å²) in [6, 6.07) is 6.44. The molecule has 0 aliphatic rings. The van der Waals surface area contributed by atoms with Crippen LogP contribution in [0.15, 0.2) is 18.2 Å². The summed E-state index contributed by atoms with van der Waals surface area (Å²) in [5, 5.41) is 6.23. The number of rotatable bonds is 8. The first kappa shape index (κ1) is 17.5. The minimum atomic E-state index is -0.481. The minimum absolute atomic E-state index is 0.0843. The summed E-state index contributed by atoms with van der Waals surface area (Å²) in [6.07, 6.45) is 0.638. The van der Waals surface area contributed by atoms with Crippen molar-refractivity contribution in [3.8, 4) is 5.75 Å². The van der Waals surface area contributed by atoms with E-state index in [1.807, 2.05) is 19.9 Å². The van der Waals surface area contributed by atoms with Gasteiger partial charge in [0.25, 0.3) is 5.91 Å². The van der Waals surface area contributed by atoms with Crippen LogP contribution >= 0.6 is 0 Å². The lowest BCUT2D eigenvalue weighted by Gasteiger charge is -2.18. The zero-order chi connectivity index (χ0) is 15.8. The van der Waals surface area contributed by atoms with E-state index in [0.717, 1.165) is 24.3 Å². The molecule has 1 rings (SSSR count). The van der Waals surface area contributed by atoms with Crippen LogP contribution in [-0.2, 0) is 4.79 Å².